The van der Waals surface area contributed by atoms with Crippen molar-refractivity contribution in [3.63, 3.8) is 0 Å². The molecule has 2 aliphatic carbocycles. The average molecular weight is 376 g/mol. The number of para-hydroxylation sites is 1. The Hall–Kier alpha value is -3.15. The predicted octanol–water partition coefficient (Wildman–Crippen LogP) is 3.46. The Labute approximate surface area is 162 Å². The zero-order chi connectivity index (χ0) is 19.3. The second-order valence-electron chi connectivity index (χ2n) is 7.61. The van der Waals surface area contributed by atoms with Gasteiger partial charge in [-0.25, -0.2) is 13.9 Å². The Kier molecular flexibility index (Phi) is 3.93. The lowest BCUT2D eigenvalue weighted by atomic mass is 10.0. The Balaban J connectivity index is 1.18. The maximum absolute atomic E-state index is 13.3. The summed E-state index contributed by atoms with van der Waals surface area (Å²) >= 11 is 0. The van der Waals surface area contributed by atoms with E-state index in [-0.39, 0.29) is 17.9 Å². The van der Waals surface area contributed by atoms with E-state index in [1.165, 1.54) is 11.6 Å². The Morgan fingerprint density at radius 1 is 1.25 bits per heavy atom. The van der Waals surface area contributed by atoms with Crippen LogP contribution < -0.4 is 10.6 Å². The number of aromatic nitrogens is 2. The summed E-state index contributed by atoms with van der Waals surface area (Å²) in [7, 11) is 0. The molecule has 1 fully saturated rings. The molecule has 1 aromatic heterocycles. The van der Waals surface area contributed by atoms with Crippen LogP contribution in [0.25, 0.3) is 5.69 Å². The van der Waals surface area contributed by atoms with Crippen LogP contribution in [0.3, 0.4) is 0 Å². The smallest absolute Gasteiger partial charge is 0.315 e. The van der Waals surface area contributed by atoms with Gasteiger partial charge in [-0.15, -0.1) is 0 Å². The second kappa shape index (κ2) is 6.48. The molecule has 28 heavy (non-hydrogen) atoms. The first kappa shape index (κ1) is 17.0. The van der Waals surface area contributed by atoms with E-state index in [0.717, 1.165) is 28.9 Å². The number of amides is 2. The van der Waals surface area contributed by atoms with E-state index in [2.05, 4.69) is 15.7 Å². The molecular formula is C22H21FN4O. The minimum Gasteiger partial charge on any atom is -0.334 e. The summed E-state index contributed by atoms with van der Waals surface area (Å²) in [4.78, 5) is 12.3. The van der Waals surface area contributed by atoms with E-state index < -0.39 is 0 Å². The van der Waals surface area contributed by atoms with Crippen LogP contribution in [0.15, 0.2) is 54.7 Å². The lowest BCUT2D eigenvalue weighted by molar-refractivity contribution is 0.239. The van der Waals surface area contributed by atoms with Crippen LogP contribution in [0.1, 0.15) is 28.3 Å². The molecule has 142 valence electrons. The van der Waals surface area contributed by atoms with Crippen molar-refractivity contribution < 1.29 is 9.18 Å². The third-order valence-electron chi connectivity index (χ3n) is 5.85. The molecule has 3 aromatic rings. The summed E-state index contributed by atoms with van der Waals surface area (Å²) in [5.74, 6) is 0.530. The highest BCUT2D eigenvalue weighted by molar-refractivity contribution is 5.75. The van der Waals surface area contributed by atoms with Crippen LogP contribution in [0.4, 0.5) is 9.18 Å². The highest BCUT2D eigenvalue weighted by Crippen LogP contribution is 2.56. The van der Waals surface area contributed by atoms with Crippen LogP contribution in [0.5, 0.6) is 0 Å². The fraction of sp³-hybridized carbons (Fsp3) is 0.273. The molecule has 2 aliphatic rings. The Bertz CT molecular complexity index is 1050. The molecule has 1 heterocycles. The fourth-order valence-electron chi connectivity index (χ4n) is 4.34. The predicted molar refractivity (Wildman–Crippen MR) is 104 cm³/mol. The molecule has 0 saturated heterocycles. The van der Waals surface area contributed by atoms with Crippen molar-refractivity contribution in [2.45, 2.75) is 31.8 Å². The van der Waals surface area contributed by atoms with Crippen LogP contribution in [-0.2, 0) is 13.0 Å². The van der Waals surface area contributed by atoms with Gasteiger partial charge >= 0.3 is 6.03 Å². The van der Waals surface area contributed by atoms with Crippen LogP contribution >= 0.6 is 0 Å². The van der Waals surface area contributed by atoms with Gasteiger partial charge in [-0.05, 0) is 54.7 Å². The van der Waals surface area contributed by atoms with Crippen LogP contribution in [-0.4, -0.2) is 21.9 Å². The van der Waals surface area contributed by atoms with Crippen molar-refractivity contribution in [2.24, 2.45) is 5.92 Å². The zero-order valence-electron chi connectivity index (χ0n) is 15.5. The molecule has 3 unspecified atom stereocenters. The molecule has 6 heteroatoms. The quantitative estimate of drug-likeness (QED) is 0.733. The second-order valence-corrected chi connectivity index (χ2v) is 7.61. The molecule has 1 saturated carbocycles. The number of carbonyl (C=O) groups is 1. The maximum Gasteiger partial charge on any atom is 0.315 e. The number of halogens is 1. The summed E-state index contributed by atoms with van der Waals surface area (Å²) in [6, 6.07) is 14.8. The average Bonchev–Trinajstić information content (AvgIpc) is 3.03. The molecule has 2 aromatic carbocycles. The van der Waals surface area contributed by atoms with Gasteiger partial charge in [-0.2, -0.15) is 5.10 Å². The summed E-state index contributed by atoms with van der Waals surface area (Å²) < 4.78 is 15.2. The maximum atomic E-state index is 13.3. The minimum atomic E-state index is -0.186. The summed E-state index contributed by atoms with van der Waals surface area (Å²) in [5.41, 5.74) is 5.12. The molecule has 5 nitrogen and oxygen atoms in total. The molecule has 5 rings (SSSR count). The fourth-order valence-corrected chi connectivity index (χ4v) is 4.34. The SMILES string of the molecule is Cc1nn(-c2ccccc2)cc1CNC(=O)NC1C2Cc3cc(F)ccc3C21. The highest BCUT2D eigenvalue weighted by atomic mass is 19.1. The topological polar surface area (TPSA) is 59.0 Å². The summed E-state index contributed by atoms with van der Waals surface area (Å²) in [6.45, 7) is 2.37. The van der Waals surface area contributed by atoms with Gasteiger partial charge in [0.05, 0.1) is 11.4 Å². The lowest BCUT2D eigenvalue weighted by Crippen LogP contribution is -2.38. The first-order valence-electron chi connectivity index (χ1n) is 9.53. The number of aryl methyl sites for hydroxylation is 1. The Morgan fingerprint density at radius 2 is 2.07 bits per heavy atom. The van der Waals surface area contributed by atoms with Crippen molar-refractivity contribution in [1.82, 2.24) is 20.4 Å². The number of fused-ring (bicyclic) bond motifs is 3. The summed E-state index contributed by atoms with van der Waals surface area (Å²) in [6.07, 6.45) is 2.78. The van der Waals surface area contributed by atoms with Crippen molar-refractivity contribution in [3.8, 4) is 5.69 Å². The van der Waals surface area contributed by atoms with Gasteiger partial charge in [0.2, 0.25) is 0 Å². The largest absolute Gasteiger partial charge is 0.334 e. The zero-order valence-corrected chi connectivity index (χ0v) is 15.5. The van der Waals surface area contributed by atoms with E-state index >= 15 is 0 Å². The number of hydrogen-bond acceptors (Lipinski definition) is 2. The molecule has 2 N–H and O–H groups in total. The van der Waals surface area contributed by atoms with E-state index in [9.17, 15) is 9.18 Å². The van der Waals surface area contributed by atoms with Crippen molar-refractivity contribution in [3.05, 3.63) is 82.9 Å². The molecule has 0 radical (unpaired) electrons. The number of benzene rings is 2. The number of hydrogen-bond donors (Lipinski definition) is 2. The minimum absolute atomic E-state index is 0.145. The number of carbonyl (C=O) groups excluding carboxylic acids is 1. The lowest BCUT2D eigenvalue weighted by Gasteiger charge is -2.11. The van der Waals surface area contributed by atoms with Gasteiger partial charge in [0.25, 0.3) is 0 Å². The molecular weight excluding hydrogens is 355 g/mol. The van der Waals surface area contributed by atoms with Gasteiger partial charge < -0.3 is 10.6 Å². The third-order valence-corrected chi connectivity index (χ3v) is 5.85. The molecule has 2 amide bonds. The molecule has 3 atom stereocenters. The number of rotatable bonds is 4. The van der Waals surface area contributed by atoms with Crippen LogP contribution in [0.2, 0.25) is 0 Å². The van der Waals surface area contributed by atoms with Gasteiger partial charge in [0, 0.05) is 30.3 Å². The van der Waals surface area contributed by atoms with Crippen molar-refractivity contribution in [2.75, 3.05) is 0 Å². The normalized spacial score (nSPS) is 21.7. The first-order chi connectivity index (χ1) is 13.6. The molecule has 0 aliphatic heterocycles. The number of nitrogens with zero attached hydrogens (tertiary/aromatic N) is 2. The molecule has 0 spiro atoms. The number of urea groups is 1. The van der Waals surface area contributed by atoms with Gasteiger partial charge in [-0.1, -0.05) is 24.3 Å². The Morgan fingerprint density at radius 3 is 2.89 bits per heavy atom. The van der Waals surface area contributed by atoms with E-state index in [0.29, 0.717) is 18.4 Å². The number of nitrogens with one attached hydrogen (secondary N) is 2. The van der Waals surface area contributed by atoms with Crippen molar-refractivity contribution >= 4 is 6.03 Å². The third kappa shape index (κ3) is 2.95. The van der Waals surface area contributed by atoms with E-state index in [4.69, 9.17) is 0 Å². The summed E-state index contributed by atoms with van der Waals surface area (Å²) in [5, 5.41) is 10.5. The van der Waals surface area contributed by atoms with Gasteiger partial charge in [0.1, 0.15) is 5.82 Å². The first-order valence-corrected chi connectivity index (χ1v) is 9.53. The van der Waals surface area contributed by atoms with Gasteiger partial charge in [-0.3, -0.25) is 0 Å². The highest BCUT2D eigenvalue weighted by Gasteiger charge is 2.56. The van der Waals surface area contributed by atoms with Crippen molar-refractivity contribution in [1.29, 1.82) is 0 Å². The molecule has 0 bridgehead atoms. The van der Waals surface area contributed by atoms with Crippen LogP contribution in [0, 0.1) is 18.7 Å². The van der Waals surface area contributed by atoms with Gasteiger partial charge in [0.15, 0.2) is 0 Å². The standard InChI is InChI=1S/C22H21FN4O/c1-13-15(12-27(26-13)17-5-3-2-4-6-17)11-24-22(28)25-21-19-10-14-9-16(23)7-8-18(14)20(19)21/h2-9,12,19-21H,10-11H2,1H3,(H2,24,25,28). The van der Waals surface area contributed by atoms with E-state index in [1.54, 1.807) is 6.07 Å². The monoisotopic (exact) mass is 376 g/mol. The van der Waals surface area contributed by atoms with E-state index in [1.807, 2.05) is 54.2 Å².